The number of para-hydroxylation sites is 1. The van der Waals surface area contributed by atoms with Gasteiger partial charge in [-0.15, -0.1) is 0 Å². The Kier molecular flexibility index (Phi) is 6.86. The van der Waals surface area contributed by atoms with Crippen molar-refractivity contribution in [2.45, 2.75) is 11.3 Å². The molecule has 0 fully saturated rings. The second-order valence-corrected chi connectivity index (χ2v) is 10.4. The number of benzene rings is 4. The van der Waals surface area contributed by atoms with Crippen LogP contribution < -0.4 is 13.8 Å². The quantitative estimate of drug-likeness (QED) is 0.306. The minimum Gasteiger partial charge on any atom is -0.493 e. The molecule has 4 aromatic rings. The molecular weight excluding hydrogens is 488 g/mol. The summed E-state index contributed by atoms with van der Waals surface area (Å²) < 4.78 is 46.1. The van der Waals surface area contributed by atoms with Gasteiger partial charge in [0.2, 0.25) is 0 Å². The Labute approximate surface area is 217 Å². The number of methoxy groups -OCH3 is 3. The van der Waals surface area contributed by atoms with Crippen LogP contribution in [0.4, 0.5) is 5.69 Å². The molecule has 190 valence electrons. The Hall–Kier alpha value is -3.88. The van der Waals surface area contributed by atoms with Crippen LogP contribution in [-0.2, 0) is 21.2 Å². The fourth-order valence-corrected chi connectivity index (χ4v) is 6.38. The largest absolute Gasteiger partial charge is 0.493 e. The summed E-state index contributed by atoms with van der Waals surface area (Å²) in [5.41, 5.74) is 3.83. The van der Waals surface area contributed by atoms with E-state index in [-0.39, 0.29) is 11.6 Å². The van der Waals surface area contributed by atoms with Crippen molar-refractivity contribution >= 4 is 32.2 Å². The van der Waals surface area contributed by atoms with Crippen LogP contribution in [-0.4, -0.2) is 48.7 Å². The van der Waals surface area contributed by atoms with Gasteiger partial charge in [-0.1, -0.05) is 54.6 Å². The molecule has 0 amide bonds. The van der Waals surface area contributed by atoms with Crippen molar-refractivity contribution in [3.05, 3.63) is 95.6 Å². The van der Waals surface area contributed by atoms with Crippen LogP contribution in [0.25, 0.3) is 10.8 Å². The monoisotopic (exact) mass is 516 g/mol. The summed E-state index contributed by atoms with van der Waals surface area (Å²) in [6, 6.07) is 24.0. The standard InChI is InChI=1S/C29H28N2O5S/c1-34-19-31(37(32,33)28-14-8-10-20-9-4-5-11-22(20)28)25-13-7-6-12-23(25)29-24-18-27(36-3)26(35-2)17-21(24)15-16-30-29/h4-14,17-18H,15-16,19H2,1-3H3. The molecule has 0 saturated carbocycles. The molecule has 1 aliphatic heterocycles. The van der Waals surface area contributed by atoms with Gasteiger partial charge < -0.3 is 14.2 Å². The number of hydrogen-bond donors (Lipinski definition) is 0. The zero-order valence-electron chi connectivity index (χ0n) is 21.0. The van der Waals surface area contributed by atoms with Crippen LogP contribution in [0.5, 0.6) is 11.5 Å². The van der Waals surface area contributed by atoms with Gasteiger partial charge in [0.05, 0.1) is 30.5 Å². The minimum absolute atomic E-state index is 0.158. The second-order valence-electron chi connectivity index (χ2n) is 8.61. The molecule has 0 saturated heterocycles. The summed E-state index contributed by atoms with van der Waals surface area (Å²) in [5, 5.41) is 1.50. The van der Waals surface area contributed by atoms with Crippen molar-refractivity contribution in [3.8, 4) is 11.5 Å². The molecule has 4 aromatic carbocycles. The first kappa shape index (κ1) is 24.8. The lowest BCUT2D eigenvalue weighted by atomic mass is 9.92. The summed E-state index contributed by atoms with van der Waals surface area (Å²) in [6.07, 6.45) is 0.747. The summed E-state index contributed by atoms with van der Waals surface area (Å²) in [7, 11) is 0.690. The summed E-state index contributed by atoms with van der Waals surface area (Å²) in [5.74, 6) is 1.24. The summed E-state index contributed by atoms with van der Waals surface area (Å²) >= 11 is 0. The number of fused-ring (bicyclic) bond motifs is 2. The maximum atomic E-state index is 14.2. The molecular formula is C29H28N2O5S. The average molecular weight is 517 g/mol. The molecule has 0 atom stereocenters. The van der Waals surface area contributed by atoms with Gasteiger partial charge in [-0.3, -0.25) is 4.99 Å². The fourth-order valence-electron chi connectivity index (χ4n) is 4.77. The Balaban J connectivity index is 1.68. The molecule has 0 spiro atoms. The number of sulfonamides is 1. The van der Waals surface area contributed by atoms with Gasteiger partial charge in [0.1, 0.15) is 6.73 Å². The van der Waals surface area contributed by atoms with Gasteiger partial charge in [0, 0.05) is 30.2 Å². The first-order valence-electron chi connectivity index (χ1n) is 11.9. The zero-order valence-corrected chi connectivity index (χ0v) is 21.8. The zero-order chi connectivity index (χ0) is 26.0. The molecule has 0 aliphatic carbocycles. The third-order valence-corrected chi connectivity index (χ3v) is 8.30. The van der Waals surface area contributed by atoms with Crippen LogP contribution >= 0.6 is 0 Å². The highest BCUT2D eigenvalue weighted by Gasteiger charge is 2.30. The van der Waals surface area contributed by atoms with Crippen LogP contribution in [0.1, 0.15) is 16.7 Å². The first-order chi connectivity index (χ1) is 18.0. The Morgan fingerprint density at radius 3 is 2.32 bits per heavy atom. The van der Waals surface area contributed by atoms with E-state index in [1.54, 1.807) is 32.4 Å². The van der Waals surface area contributed by atoms with E-state index in [2.05, 4.69) is 0 Å². The lowest BCUT2D eigenvalue weighted by molar-refractivity contribution is 0.209. The van der Waals surface area contributed by atoms with Gasteiger partial charge >= 0.3 is 0 Å². The fraction of sp³-hybridized carbons (Fsp3) is 0.207. The molecule has 8 heteroatoms. The number of ether oxygens (including phenoxy) is 3. The maximum Gasteiger partial charge on any atom is 0.266 e. The third kappa shape index (κ3) is 4.43. The maximum absolute atomic E-state index is 14.2. The van der Waals surface area contributed by atoms with E-state index >= 15 is 0 Å². The van der Waals surface area contributed by atoms with Crippen LogP contribution in [0, 0.1) is 0 Å². The SMILES string of the molecule is COCN(c1ccccc1C1=NCCc2cc(OC)c(OC)cc21)S(=O)(=O)c1cccc2ccccc12. The molecule has 0 aromatic heterocycles. The molecule has 5 rings (SSSR count). The molecule has 1 aliphatic rings. The van der Waals surface area contributed by atoms with Crippen molar-refractivity contribution < 1.29 is 22.6 Å². The van der Waals surface area contributed by atoms with Crippen molar-refractivity contribution in [2.75, 3.05) is 38.9 Å². The normalized spacial score (nSPS) is 13.1. The highest BCUT2D eigenvalue weighted by Crippen LogP contribution is 2.37. The van der Waals surface area contributed by atoms with E-state index in [4.69, 9.17) is 19.2 Å². The number of hydrogen-bond acceptors (Lipinski definition) is 6. The topological polar surface area (TPSA) is 77.4 Å². The van der Waals surface area contributed by atoms with E-state index in [9.17, 15) is 8.42 Å². The van der Waals surface area contributed by atoms with Crippen molar-refractivity contribution in [1.29, 1.82) is 0 Å². The molecule has 0 N–H and O–H groups in total. The van der Waals surface area contributed by atoms with Crippen LogP contribution in [0.3, 0.4) is 0 Å². The van der Waals surface area contributed by atoms with Crippen LogP contribution in [0.2, 0.25) is 0 Å². The highest BCUT2D eigenvalue weighted by atomic mass is 32.2. The second kappa shape index (κ2) is 10.2. The Bertz CT molecular complexity index is 1590. The van der Waals surface area contributed by atoms with Crippen molar-refractivity contribution in [1.82, 2.24) is 0 Å². The number of nitrogens with zero attached hydrogens (tertiary/aromatic N) is 2. The number of aliphatic imine (C=N–C) groups is 1. The Morgan fingerprint density at radius 2 is 1.54 bits per heavy atom. The average Bonchev–Trinajstić information content (AvgIpc) is 2.94. The van der Waals surface area contributed by atoms with Gasteiger partial charge in [-0.05, 0) is 41.6 Å². The number of anilines is 1. The van der Waals surface area contributed by atoms with E-state index in [0.29, 0.717) is 40.4 Å². The summed E-state index contributed by atoms with van der Waals surface area (Å²) in [6.45, 7) is 0.418. The van der Waals surface area contributed by atoms with E-state index in [1.165, 1.54) is 11.4 Å². The lowest BCUT2D eigenvalue weighted by Crippen LogP contribution is -2.34. The molecule has 1 heterocycles. The van der Waals surface area contributed by atoms with Crippen LogP contribution in [0.15, 0.2) is 88.8 Å². The smallest absolute Gasteiger partial charge is 0.266 e. The number of rotatable bonds is 8. The molecule has 37 heavy (non-hydrogen) atoms. The first-order valence-corrected chi connectivity index (χ1v) is 13.3. The van der Waals surface area contributed by atoms with Gasteiger partial charge in [-0.2, -0.15) is 0 Å². The molecule has 0 unspecified atom stereocenters. The van der Waals surface area contributed by atoms with Gasteiger partial charge in [0.25, 0.3) is 10.0 Å². The predicted molar refractivity (Wildman–Crippen MR) is 146 cm³/mol. The van der Waals surface area contributed by atoms with E-state index in [0.717, 1.165) is 22.9 Å². The molecule has 0 bridgehead atoms. The van der Waals surface area contributed by atoms with Crippen molar-refractivity contribution in [2.24, 2.45) is 4.99 Å². The van der Waals surface area contributed by atoms with Gasteiger partial charge in [0.15, 0.2) is 11.5 Å². The Morgan fingerprint density at radius 1 is 0.838 bits per heavy atom. The lowest BCUT2D eigenvalue weighted by Gasteiger charge is -2.28. The third-order valence-electron chi connectivity index (χ3n) is 6.51. The minimum atomic E-state index is -4.00. The molecule has 7 nitrogen and oxygen atoms in total. The molecule has 0 radical (unpaired) electrons. The highest BCUT2D eigenvalue weighted by molar-refractivity contribution is 7.93. The summed E-state index contributed by atoms with van der Waals surface area (Å²) in [4.78, 5) is 5.06. The predicted octanol–water partition coefficient (Wildman–Crippen LogP) is 5.05. The van der Waals surface area contributed by atoms with Crippen molar-refractivity contribution in [3.63, 3.8) is 0 Å². The van der Waals surface area contributed by atoms with E-state index in [1.807, 2.05) is 60.7 Å². The van der Waals surface area contributed by atoms with Gasteiger partial charge in [-0.25, -0.2) is 12.7 Å². The van der Waals surface area contributed by atoms with E-state index < -0.39 is 10.0 Å².